The van der Waals surface area contributed by atoms with E-state index in [-0.39, 0.29) is 23.4 Å². The van der Waals surface area contributed by atoms with Crippen molar-refractivity contribution in [2.75, 3.05) is 32.1 Å². The largest absolute Gasteiger partial charge is 0.481 e. The molecule has 1 aromatic rings. The summed E-state index contributed by atoms with van der Waals surface area (Å²) >= 11 is 0. The first kappa shape index (κ1) is 14.2. The molecule has 108 valence electrons. The predicted molar refractivity (Wildman–Crippen MR) is 72.6 cm³/mol. The highest BCUT2D eigenvalue weighted by Crippen LogP contribution is 2.26. The van der Waals surface area contributed by atoms with Gasteiger partial charge in [-0.2, -0.15) is 0 Å². The molecule has 0 aromatic carbocycles. The monoisotopic (exact) mass is 278 g/mol. The molecule has 1 aliphatic rings. The lowest BCUT2D eigenvalue weighted by molar-refractivity contribution is -0.142. The first-order chi connectivity index (χ1) is 9.40. The Morgan fingerprint density at radius 3 is 2.45 bits per heavy atom. The summed E-state index contributed by atoms with van der Waals surface area (Å²) in [7, 11) is 3.30. The van der Waals surface area contributed by atoms with Crippen molar-refractivity contribution in [3.63, 3.8) is 0 Å². The van der Waals surface area contributed by atoms with Crippen LogP contribution in [0.1, 0.15) is 17.4 Å². The SMILES string of the molecule is CC1CN(c2ccc(C(=O)N(C)C)nn2)CC1C(=O)O. The van der Waals surface area contributed by atoms with Crippen LogP contribution in [0.4, 0.5) is 5.82 Å². The molecular formula is C13H18N4O3. The number of carbonyl (C=O) groups excluding carboxylic acids is 1. The van der Waals surface area contributed by atoms with Gasteiger partial charge < -0.3 is 14.9 Å². The molecule has 7 heteroatoms. The zero-order chi connectivity index (χ0) is 14.9. The Balaban J connectivity index is 2.12. The number of hydrogen-bond acceptors (Lipinski definition) is 5. The van der Waals surface area contributed by atoms with Gasteiger partial charge in [0.2, 0.25) is 0 Å². The number of carbonyl (C=O) groups is 2. The Bertz CT molecular complexity index is 515. The smallest absolute Gasteiger partial charge is 0.308 e. The van der Waals surface area contributed by atoms with Crippen LogP contribution in [0.25, 0.3) is 0 Å². The minimum absolute atomic E-state index is 0.0670. The molecule has 1 fully saturated rings. The van der Waals surface area contributed by atoms with Gasteiger partial charge in [-0.15, -0.1) is 10.2 Å². The van der Waals surface area contributed by atoms with E-state index in [4.69, 9.17) is 5.11 Å². The van der Waals surface area contributed by atoms with E-state index in [0.717, 1.165) is 0 Å². The zero-order valence-corrected chi connectivity index (χ0v) is 11.8. The number of rotatable bonds is 3. The highest BCUT2D eigenvalue weighted by molar-refractivity contribution is 5.91. The molecule has 2 unspecified atom stereocenters. The van der Waals surface area contributed by atoms with Crippen molar-refractivity contribution in [3.05, 3.63) is 17.8 Å². The third-order valence-electron chi connectivity index (χ3n) is 3.53. The lowest BCUT2D eigenvalue weighted by Gasteiger charge is -2.16. The average Bonchev–Trinajstić information content (AvgIpc) is 2.80. The summed E-state index contributed by atoms with van der Waals surface area (Å²) in [4.78, 5) is 26.1. The number of aliphatic carboxylic acids is 1. The topological polar surface area (TPSA) is 86.6 Å². The third-order valence-corrected chi connectivity index (χ3v) is 3.53. The van der Waals surface area contributed by atoms with E-state index >= 15 is 0 Å². The molecule has 20 heavy (non-hydrogen) atoms. The van der Waals surface area contributed by atoms with Crippen molar-refractivity contribution in [1.29, 1.82) is 0 Å². The number of amides is 1. The van der Waals surface area contributed by atoms with Gasteiger partial charge in [0, 0.05) is 27.2 Å². The van der Waals surface area contributed by atoms with Crippen molar-refractivity contribution in [2.24, 2.45) is 11.8 Å². The van der Waals surface area contributed by atoms with Crippen LogP contribution in [-0.4, -0.2) is 59.3 Å². The second-order valence-corrected chi connectivity index (χ2v) is 5.30. The van der Waals surface area contributed by atoms with Crippen molar-refractivity contribution < 1.29 is 14.7 Å². The Labute approximate surface area is 117 Å². The lowest BCUT2D eigenvalue weighted by Crippen LogP contribution is -2.25. The first-order valence-corrected chi connectivity index (χ1v) is 6.43. The molecule has 0 spiro atoms. The van der Waals surface area contributed by atoms with Gasteiger partial charge in [0.15, 0.2) is 11.5 Å². The maximum absolute atomic E-state index is 11.7. The van der Waals surface area contributed by atoms with E-state index in [0.29, 0.717) is 18.9 Å². The van der Waals surface area contributed by atoms with Crippen LogP contribution < -0.4 is 4.90 Å². The van der Waals surface area contributed by atoms with Gasteiger partial charge >= 0.3 is 5.97 Å². The summed E-state index contributed by atoms with van der Waals surface area (Å²) in [5.74, 6) is -0.706. The molecule has 2 atom stereocenters. The van der Waals surface area contributed by atoms with Crippen molar-refractivity contribution in [1.82, 2.24) is 15.1 Å². The van der Waals surface area contributed by atoms with Crippen LogP contribution in [-0.2, 0) is 4.79 Å². The van der Waals surface area contributed by atoms with Crippen molar-refractivity contribution in [2.45, 2.75) is 6.92 Å². The molecule has 1 aromatic heterocycles. The standard InChI is InChI=1S/C13H18N4O3/c1-8-6-17(7-9(8)13(19)20)11-5-4-10(14-15-11)12(18)16(2)3/h4-5,8-9H,6-7H2,1-3H3,(H,19,20). The number of nitrogens with zero attached hydrogens (tertiary/aromatic N) is 4. The van der Waals surface area contributed by atoms with Gasteiger partial charge in [-0.25, -0.2) is 0 Å². The molecule has 2 rings (SSSR count). The second kappa shape index (κ2) is 5.44. The van der Waals surface area contributed by atoms with Crippen LogP contribution in [0.5, 0.6) is 0 Å². The quantitative estimate of drug-likeness (QED) is 0.857. The van der Waals surface area contributed by atoms with E-state index in [9.17, 15) is 9.59 Å². The first-order valence-electron chi connectivity index (χ1n) is 6.43. The molecule has 0 bridgehead atoms. The summed E-state index contributed by atoms with van der Waals surface area (Å²) in [5.41, 5.74) is 0.278. The highest BCUT2D eigenvalue weighted by Gasteiger charge is 2.35. The summed E-state index contributed by atoms with van der Waals surface area (Å²) in [5, 5.41) is 17.1. The Kier molecular flexibility index (Phi) is 3.87. The Morgan fingerprint density at radius 2 is 2.00 bits per heavy atom. The number of anilines is 1. The van der Waals surface area contributed by atoms with E-state index in [1.165, 1.54) is 4.90 Å². The van der Waals surface area contributed by atoms with E-state index < -0.39 is 5.97 Å². The average molecular weight is 278 g/mol. The number of hydrogen-bond donors (Lipinski definition) is 1. The van der Waals surface area contributed by atoms with Crippen molar-refractivity contribution >= 4 is 17.7 Å². The van der Waals surface area contributed by atoms with Gasteiger partial charge in [0.1, 0.15) is 0 Å². The van der Waals surface area contributed by atoms with Gasteiger partial charge in [-0.05, 0) is 18.1 Å². The fraction of sp³-hybridized carbons (Fsp3) is 0.538. The molecule has 7 nitrogen and oxygen atoms in total. The highest BCUT2D eigenvalue weighted by atomic mass is 16.4. The summed E-state index contributed by atoms with van der Waals surface area (Å²) in [6, 6.07) is 3.32. The normalized spacial score (nSPS) is 21.9. The van der Waals surface area contributed by atoms with Gasteiger partial charge in [0.25, 0.3) is 5.91 Å². The van der Waals surface area contributed by atoms with E-state index in [2.05, 4.69) is 10.2 Å². The number of aromatic nitrogens is 2. The molecule has 1 amide bonds. The van der Waals surface area contributed by atoms with Crippen LogP contribution in [0.3, 0.4) is 0 Å². The second-order valence-electron chi connectivity index (χ2n) is 5.30. The lowest BCUT2D eigenvalue weighted by atomic mass is 9.99. The summed E-state index contributed by atoms with van der Waals surface area (Å²) in [6.45, 7) is 2.97. The maximum atomic E-state index is 11.7. The van der Waals surface area contributed by atoms with Gasteiger partial charge in [-0.3, -0.25) is 9.59 Å². The molecule has 0 radical (unpaired) electrons. The van der Waals surface area contributed by atoms with Gasteiger partial charge in [-0.1, -0.05) is 6.92 Å². The van der Waals surface area contributed by atoms with Gasteiger partial charge in [0.05, 0.1) is 5.92 Å². The molecule has 0 aliphatic carbocycles. The van der Waals surface area contributed by atoms with E-state index in [1.807, 2.05) is 11.8 Å². The third kappa shape index (κ3) is 2.71. The predicted octanol–water partition coefficient (Wildman–Crippen LogP) is 0.335. The Morgan fingerprint density at radius 1 is 1.30 bits per heavy atom. The minimum atomic E-state index is -0.785. The van der Waals surface area contributed by atoms with E-state index in [1.54, 1.807) is 26.2 Å². The zero-order valence-electron chi connectivity index (χ0n) is 11.8. The van der Waals surface area contributed by atoms with Crippen LogP contribution in [0.2, 0.25) is 0 Å². The molecular weight excluding hydrogens is 260 g/mol. The van der Waals surface area contributed by atoms with Crippen LogP contribution in [0.15, 0.2) is 12.1 Å². The summed E-state index contributed by atoms with van der Waals surface area (Å²) < 4.78 is 0. The summed E-state index contributed by atoms with van der Waals surface area (Å²) in [6.07, 6.45) is 0. The molecule has 1 saturated heterocycles. The Hall–Kier alpha value is -2.18. The fourth-order valence-corrected chi connectivity index (χ4v) is 2.31. The number of carboxylic acid groups (broad SMARTS) is 1. The van der Waals surface area contributed by atoms with Crippen molar-refractivity contribution in [3.8, 4) is 0 Å². The minimum Gasteiger partial charge on any atom is -0.481 e. The molecule has 1 aliphatic heterocycles. The molecule has 1 N–H and O–H groups in total. The number of carboxylic acids is 1. The molecule has 2 heterocycles. The molecule has 0 saturated carbocycles. The maximum Gasteiger partial charge on any atom is 0.308 e. The van der Waals surface area contributed by atoms with Crippen LogP contribution >= 0.6 is 0 Å². The van der Waals surface area contributed by atoms with Crippen LogP contribution in [0, 0.1) is 11.8 Å². The fourth-order valence-electron chi connectivity index (χ4n) is 2.31.